The highest BCUT2D eigenvalue weighted by molar-refractivity contribution is 6.31. The first-order chi connectivity index (χ1) is 13.2. The quantitative estimate of drug-likeness (QED) is 0.674. The van der Waals surface area contributed by atoms with Gasteiger partial charge in [0.05, 0.1) is 18.4 Å². The fourth-order valence-corrected chi connectivity index (χ4v) is 4.58. The Morgan fingerprint density at radius 2 is 1.86 bits per heavy atom. The maximum Gasteiger partial charge on any atom is 0.259 e. The van der Waals surface area contributed by atoms with Crippen LogP contribution in [0.5, 0.6) is 11.5 Å². The van der Waals surface area contributed by atoms with Gasteiger partial charge in [0.25, 0.3) is 5.91 Å². The van der Waals surface area contributed by atoms with Crippen LogP contribution in [0.25, 0.3) is 21.5 Å². The van der Waals surface area contributed by atoms with Crippen molar-refractivity contribution in [2.24, 2.45) is 5.41 Å². The number of amides is 1. The lowest BCUT2D eigenvalue weighted by Gasteiger charge is -2.33. The van der Waals surface area contributed by atoms with Crippen molar-refractivity contribution < 1.29 is 14.6 Å². The Hall–Kier alpha value is -2.79. The molecule has 1 aliphatic heterocycles. The monoisotopic (exact) mass is 378 g/mol. The number of methoxy groups -OCH3 is 1. The molecule has 0 saturated carbocycles. The van der Waals surface area contributed by atoms with Gasteiger partial charge in [-0.25, -0.2) is 0 Å². The molecule has 0 atom stereocenters. The Morgan fingerprint density at radius 1 is 1.14 bits per heavy atom. The molecule has 0 unspecified atom stereocenters. The van der Waals surface area contributed by atoms with E-state index in [-0.39, 0.29) is 17.1 Å². The summed E-state index contributed by atoms with van der Waals surface area (Å²) in [6, 6.07) is 11.6. The van der Waals surface area contributed by atoms with Gasteiger partial charge in [0.1, 0.15) is 0 Å². The standard InChI is InChI=1S/C23H26N2O3/c1-23(2,12-24(3)4)13-25-17-10-14-8-6-7-9-15(14)20-19(17)16(22(25)27)11-18(26)21(20)28-5/h6-11,26H,12-13H2,1-5H3. The van der Waals surface area contributed by atoms with E-state index < -0.39 is 0 Å². The lowest BCUT2D eigenvalue weighted by molar-refractivity contribution is 0.0977. The minimum atomic E-state index is -0.0920. The fourth-order valence-electron chi connectivity index (χ4n) is 4.58. The Bertz CT molecular complexity index is 1100. The average molecular weight is 378 g/mol. The number of hydrogen-bond acceptors (Lipinski definition) is 4. The molecule has 0 saturated heterocycles. The molecule has 5 heteroatoms. The van der Waals surface area contributed by atoms with Gasteiger partial charge in [-0.05, 0) is 42.4 Å². The topological polar surface area (TPSA) is 53.0 Å². The molecule has 0 bridgehead atoms. The van der Waals surface area contributed by atoms with E-state index in [1.54, 1.807) is 13.2 Å². The van der Waals surface area contributed by atoms with Crippen LogP contribution in [-0.4, -0.2) is 50.2 Å². The van der Waals surface area contributed by atoms with Crippen molar-refractivity contribution in [3.05, 3.63) is 42.0 Å². The molecule has 0 aliphatic carbocycles. The van der Waals surface area contributed by atoms with Crippen LogP contribution < -0.4 is 9.64 Å². The molecule has 28 heavy (non-hydrogen) atoms. The zero-order valence-electron chi connectivity index (χ0n) is 17.0. The molecule has 1 heterocycles. The summed E-state index contributed by atoms with van der Waals surface area (Å²) in [6.07, 6.45) is 0. The van der Waals surface area contributed by atoms with Gasteiger partial charge in [-0.15, -0.1) is 0 Å². The third-order valence-electron chi connectivity index (χ3n) is 5.34. The number of nitrogens with zero attached hydrogens (tertiary/aromatic N) is 2. The highest BCUT2D eigenvalue weighted by Gasteiger charge is 2.36. The third-order valence-corrected chi connectivity index (χ3v) is 5.34. The van der Waals surface area contributed by atoms with Gasteiger partial charge in [-0.1, -0.05) is 38.1 Å². The minimum absolute atomic E-state index is 0.00458. The number of anilines is 1. The van der Waals surface area contributed by atoms with Crippen molar-refractivity contribution in [3.8, 4) is 11.5 Å². The number of fused-ring (bicyclic) bond motifs is 2. The van der Waals surface area contributed by atoms with Gasteiger partial charge in [-0.2, -0.15) is 0 Å². The molecule has 0 aromatic heterocycles. The van der Waals surface area contributed by atoms with Crippen LogP contribution in [0.4, 0.5) is 5.69 Å². The number of hydrogen-bond donors (Lipinski definition) is 1. The van der Waals surface area contributed by atoms with Crippen LogP contribution in [0.2, 0.25) is 0 Å². The highest BCUT2D eigenvalue weighted by Crippen LogP contribution is 2.49. The second kappa shape index (κ2) is 6.38. The van der Waals surface area contributed by atoms with E-state index in [2.05, 4.69) is 24.8 Å². The first kappa shape index (κ1) is 18.6. The number of phenols is 1. The maximum atomic E-state index is 13.3. The van der Waals surface area contributed by atoms with Crippen molar-refractivity contribution in [1.82, 2.24) is 4.90 Å². The van der Waals surface area contributed by atoms with Gasteiger partial charge >= 0.3 is 0 Å². The van der Waals surface area contributed by atoms with Gasteiger partial charge in [0.15, 0.2) is 11.5 Å². The fraction of sp³-hybridized carbons (Fsp3) is 0.348. The predicted octanol–water partition coefficient (Wildman–Crippen LogP) is 4.26. The number of benzene rings is 3. The van der Waals surface area contributed by atoms with Gasteiger partial charge in [0.2, 0.25) is 0 Å². The van der Waals surface area contributed by atoms with Gasteiger partial charge < -0.3 is 19.6 Å². The summed E-state index contributed by atoms with van der Waals surface area (Å²) in [5, 5.41) is 14.2. The Labute approximate surface area is 165 Å². The van der Waals surface area contributed by atoms with Crippen LogP contribution >= 0.6 is 0 Å². The maximum absolute atomic E-state index is 13.3. The summed E-state index contributed by atoms with van der Waals surface area (Å²) in [5.41, 5.74) is 1.33. The number of carbonyl (C=O) groups is 1. The smallest absolute Gasteiger partial charge is 0.259 e. The molecular formula is C23H26N2O3. The highest BCUT2D eigenvalue weighted by atomic mass is 16.5. The van der Waals surface area contributed by atoms with Crippen LogP contribution in [0, 0.1) is 5.41 Å². The summed E-state index contributed by atoms with van der Waals surface area (Å²) in [5.74, 6) is 0.342. The molecule has 0 radical (unpaired) electrons. The van der Waals surface area contributed by atoms with E-state index in [4.69, 9.17) is 4.74 Å². The summed E-state index contributed by atoms with van der Waals surface area (Å²) < 4.78 is 5.54. The Kier molecular flexibility index (Phi) is 4.23. The number of ether oxygens (including phenoxy) is 1. The average Bonchev–Trinajstić information content (AvgIpc) is 2.86. The van der Waals surface area contributed by atoms with Gasteiger partial charge in [0, 0.05) is 23.9 Å². The molecular weight excluding hydrogens is 352 g/mol. The minimum Gasteiger partial charge on any atom is -0.504 e. The van der Waals surface area contributed by atoms with E-state index in [1.807, 2.05) is 43.3 Å². The van der Waals surface area contributed by atoms with E-state index in [0.29, 0.717) is 17.9 Å². The summed E-state index contributed by atoms with van der Waals surface area (Å²) >= 11 is 0. The number of rotatable bonds is 5. The summed E-state index contributed by atoms with van der Waals surface area (Å²) in [7, 11) is 5.63. The first-order valence-electron chi connectivity index (χ1n) is 9.45. The van der Waals surface area contributed by atoms with E-state index in [9.17, 15) is 9.90 Å². The molecule has 0 fully saturated rings. The van der Waals surface area contributed by atoms with Crippen molar-refractivity contribution in [2.75, 3.05) is 39.2 Å². The van der Waals surface area contributed by atoms with Crippen molar-refractivity contribution in [2.45, 2.75) is 13.8 Å². The number of phenolic OH excluding ortho intramolecular Hbond substituents is 1. The molecule has 5 nitrogen and oxygen atoms in total. The molecule has 146 valence electrons. The lowest BCUT2D eigenvalue weighted by atomic mass is 9.92. The van der Waals surface area contributed by atoms with Crippen LogP contribution in [-0.2, 0) is 0 Å². The second-order valence-electron chi connectivity index (χ2n) is 8.64. The largest absolute Gasteiger partial charge is 0.504 e. The van der Waals surface area contributed by atoms with Gasteiger partial charge in [-0.3, -0.25) is 4.79 Å². The molecule has 0 spiro atoms. The van der Waals surface area contributed by atoms with E-state index in [1.165, 1.54) is 0 Å². The van der Waals surface area contributed by atoms with E-state index >= 15 is 0 Å². The molecule has 1 N–H and O–H groups in total. The van der Waals surface area contributed by atoms with Crippen LogP contribution in [0.15, 0.2) is 36.4 Å². The molecule has 4 rings (SSSR count). The van der Waals surface area contributed by atoms with Crippen molar-refractivity contribution in [1.29, 1.82) is 0 Å². The lowest BCUT2D eigenvalue weighted by Crippen LogP contribution is -2.41. The molecule has 3 aromatic rings. The zero-order chi connectivity index (χ0) is 20.2. The Balaban J connectivity index is 1.99. The predicted molar refractivity (Wildman–Crippen MR) is 114 cm³/mol. The SMILES string of the molecule is COc1c(O)cc2c3c(cc4ccccc4c13)N(CC(C)(C)CN(C)C)C2=O. The zero-order valence-corrected chi connectivity index (χ0v) is 17.0. The van der Waals surface area contributed by atoms with Crippen LogP contribution in [0.3, 0.4) is 0 Å². The van der Waals surface area contributed by atoms with E-state index in [0.717, 1.165) is 33.8 Å². The summed E-state index contributed by atoms with van der Waals surface area (Å²) in [4.78, 5) is 17.3. The second-order valence-corrected chi connectivity index (χ2v) is 8.64. The molecule has 3 aromatic carbocycles. The number of carbonyl (C=O) groups excluding carboxylic acids is 1. The normalized spacial score (nSPS) is 13.9. The molecule has 1 amide bonds. The van der Waals surface area contributed by atoms with Crippen molar-refractivity contribution >= 4 is 33.1 Å². The molecule has 1 aliphatic rings. The van der Waals surface area contributed by atoms with Crippen LogP contribution in [0.1, 0.15) is 24.2 Å². The van der Waals surface area contributed by atoms with Crippen molar-refractivity contribution in [3.63, 3.8) is 0 Å². The first-order valence-corrected chi connectivity index (χ1v) is 9.45. The number of aromatic hydroxyl groups is 1. The summed E-state index contributed by atoms with van der Waals surface area (Å²) in [6.45, 7) is 5.78. The third kappa shape index (κ3) is 2.78. The Morgan fingerprint density at radius 3 is 2.54 bits per heavy atom.